The van der Waals surface area contributed by atoms with E-state index in [1.54, 1.807) is 18.2 Å². The summed E-state index contributed by atoms with van der Waals surface area (Å²) in [6, 6.07) is 28.4. The SMILES string of the molecule is CCc1ccccc1C(=O)C(O)c1ccccc1.c1ccccc1. The van der Waals surface area contributed by atoms with E-state index in [0.717, 1.165) is 12.0 Å². The maximum Gasteiger partial charge on any atom is 0.196 e. The van der Waals surface area contributed by atoms with Gasteiger partial charge in [-0.1, -0.05) is 97.9 Å². The third-order valence-electron chi connectivity index (χ3n) is 3.69. The Bertz CT molecular complexity index is 709. The van der Waals surface area contributed by atoms with Gasteiger partial charge in [0.15, 0.2) is 5.78 Å². The smallest absolute Gasteiger partial charge is 0.196 e. The fourth-order valence-corrected chi connectivity index (χ4v) is 2.39. The van der Waals surface area contributed by atoms with Gasteiger partial charge in [0.2, 0.25) is 0 Å². The third kappa shape index (κ3) is 4.90. The van der Waals surface area contributed by atoms with E-state index in [1.165, 1.54) is 0 Å². The molecule has 0 aliphatic heterocycles. The number of hydrogen-bond acceptors (Lipinski definition) is 2. The van der Waals surface area contributed by atoms with E-state index in [-0.39, 0.29) is 5.78 Å². The Balaban J connectivity index is 0.000000292. The monoisotopic (exact) mass is 318 g/mol. The van der Waals surface area contributed by atoms with Crippen LogP contribution in [-0.2, 0) is 6.42 Å². The van der Waals surface area contributed by atoms with Gasteiger partial charge in [0.05, 0.1) is 0 Å². The van der Waals surface area contributed by atoms with Gasteiger partial charge >= 0.3 is 0 Å². The van der Waals surface area contributed by atoms with Crippen molar-refractivity contribution in [3.05, 3.63) is 108 Å². The summed E-state index contributed by atoms with van der Waals surface area (Å²) in [5.41, 5.74) is 2.21. The van der Waals surface area contributed by atoms with Gasteiger partial charge in [-0.05, 0) is 17.5 Å². The van der Waals surface area contributed by atoms with Gasteiger partial charge in [0, 0.05) is 5.56 Å². The molecule has 0 heterocycles. The molecule has 2 heteroatoms. The normalized spacial score (nSPS) is 11.1. The molecule has 1 atom stereocenters. The second-order valence-electron chi connectivity index (χ2n) is 5.34. The topological polar surface area (TPSA) is 37.3 Å². The number of aryl methyl sites for hydroxylation is 1. The highest BCUT2D eigenvalue weighted by atomic mass is 16.3. The Morgan fingerprint density at radius 2 is 1.25 bits per heavy atom. The van der Waals surface area contributed by atoms with E-state index >= 15 is 0 Å². The summed E-state index contributed by atoms with van der Waals surface area (Å²) in [6.07, 6.45) is -0.303. The number of carbonyl (C=O) groups is 1. The Labute approximate surface area is 143 Å². The first-order valence-electron chi connectivity index (χ1n) is 8.09. The number of ketones is 1. The lowest BCUT2D eigenvalue weighted by Crippen LogP contribution is -2.14. The second kappa shape index (κ2) is 9.43. The minimum Gasteiger partial charge on any atom is -0.380 e. The lowest BCUT2D eigenvalue weighted by atomic mass is 9.95. The van der Waals surface area contributed by atoms with Crippen LogP contribution in [0.5, 0.6) is 0 Å². The van der Waals surface area contributed by atoms with Crippen LogP contribution in [0.15, 0.2) is 91.0 Å². The van der Waals surface area contributed by atoms with Crippen molar-refractivity contribution in [3.63, 3.8) is 0 Å². The maximum absolute atomic E-state index is 12.3. The molecule has 0 bridgehead atoms. The molecule has 0 aliphatic rings. The van der Waals surface area contributed by atoms with E-state index in [1.807, 2.05) is 79.7 Å². The number of hydrogen-bond donors (Lipinski definition) is 1. The zero-order valence-corrected chi connectivity index (χ0v) is 13.8. The standard InChI is InChI=1S/C16H16O2.C6H6/c1-2-12-8-6-7-11-14(12)16(18)15(17)13-9-4-3-5-10-13;1-2-4-6-5-3-1/h3-11,15,17H,2H2,1H3;1-6H. The number of aliphatic hydroxyl groups excluding tert-OH is 1. The predicted octanol–water partition coefficient (Wildman–Crippen LogP) is 4.85. The minimum absolute atomic E-state index is 0.237. The lowest BCUT2D eigenvalue weighted by Gasteiger charge is -2.12. The number of carbonyl (C=O) groups excluding carboxylic acids is 1. The summed E-state index contributed by atoms with van der Waals surface area (Å²) in [6.45, 7) is 2.00. The van der Waals surface area contributed by atoms with Crippen LogP contribution >= 0.6 is 0 Å². The Morgan fingerprint density at radius 3 is 1.79 bits per heavy atom. The molecule has 0 saturated carbocycles. The highest BCUT2D eigenvalue weighted by Gasteiger charge is 2.20. The molecule has 3 aromatic carbocycles. The summed E-state index contributed by atoms with van der Waals surface area (Å²) >= 11 is 0. The van der Waals surface area contributed by atoms with Crippen LogP contribution in [0.25, 0.3) is 0 Å². The van der Waals surface area contributed by atoms with Gasteiger partial charge in [0.1, 0.15) is 6.10 Å². The van der Waals surface area contributed by atoms with E-state index < -0.39 is 6.10 Å². The van der Waals surface area contributed by atoms with Crippen LogP contribution in [0.3, 0.4) is 0 Å². The van der Waals surface area contributed by atoms with Crippen molar-refractivity contribution in [2.45, 2.75) is 19.4 Å². The van der Waals surface area contributed by atoms with Gasteiger partial charge in [-0.3, -0.25) is 4.79 Å². The first-order valence-corrected chi connectivity index (χ1v) is 8.09. The first-order chi connectivity index (χ1) is 11.7. The fraction of sp³-hybridized carbons (Fsp3) is 0.136. The van der Waals surface area contributed by atoms with Crippen LogP contribution in [0.1, 0.15) is 34.5 Å². The van der Waals surface area contributed by atoms with Crippen molar-refractivity contribution in [2.75, 3.05) is 0 Å². The molecule has 1 N–H and O–H groups in total. The summed E-state index contributed by atoms with van der Waals surface area (Å²) in [5, 5.41) is 10.1. The van der Waals surface area contributed by atoms with Gasteiger partial charge in [-0.25, -0.2) is 0 Å². The van der Waals surface area contributed by atoms with E-state index in [4.69, 9.17) is 0 Å². The largest absolute Gasteiger partial charge is 0.380 e. The highest BCUT2D eigenvalue weighted by molar-refractivity contribution is 6.01. The van der Waals surface area contributed by atoms with Gasteiger partial charge in [-0.15, -0.1) is 0 Å². The molecule has 24 heavy (non-hydrogen) atoms. The van der Waals surface area contributed by atoms with Gasteiger partial charge < -0.3 is 5.11 Å². The summed E-state index contributed by atoms with van der Waals surface area (Å²) < 4.78 is 0. The molecule has 0 radical (unpaired) electrons. The zero-order chi connectivity index (χ0) is 17.2. The zero-order valence-electron chi connectivity index (χ0n) is 13.8. The number of Topliss-reactive ketones (excluding diaryl/α,β-unsaturated/α-hetero) is 1. The predicted molar refractivity (Wildman–Crippen MR) is 98.0 cm³/mol. The summed E-state index contributed by atoms with van der Waals surface area (Å²) in [5.74, 6) is -0.237. The third-order valence-corrected chi connectivity index (χ3v) is 3.69. The van der Waals surface area contributed by atoms with Crippen LogP contribution in [0, 0.1) is 0 Å². The maximum atomic E-state index is 12.3. The average molecular weight is 318 g/mol. The van der Waals surface area contributed by atoms with Gasteiger partial charge in [0.25, 0.3) is 0 Å². The molecule has 0 saturated heterocycles. The van der Waals surface area contributed by atoms with E-state index in [9.17, 15) is 9.90 Å². The van der Waals surface area contributed by atoms with E-state index in [0.29, 0.717) is 11.1 Å². The van der Waals surface area contributed by atoms with Crippen LogP contribution in [0.2, 0.25) is 0 Å². The molecule has 1 unspecified atom stereocenters. The number of benzene rings is 3. The van der Waals surface area contributed by atoms with Crippen molar-refractivity contribution in [1.82, 2.24) is 0 Å². The number of rotatable bonds is 4. The Morgan fingerprint density at radius 1 is 0.792 bits per heavy atom. The van der Waals surface area contributed by atoms with Crippen LogP contribution in [0.4, 0.5) is 0 Å². The molecule has 3 rings (SSSR count). The van der Waals surface area contributed by atoms with Crippen molar-refractivity contribution in [1.29, 1.82) is 0 Å². The molecule has 3 aromatic rings. The molecule has 0 amide bonds. The van der Waals surface area contributed by atoms with Crippen molar-refractivity contribution in [2.24, 2.45) is 0 Å². The molecule has 0 spiro atoms. The second-order valence-corrected chi connectivity index (χ2v) is 5.34. The molecule has 0 fully saturated rings. The molecular formula is C22H22O2. The average Bonchev–Trinajstić information content (AvgIpc) is 2.69. The van der Waals surface area contributed by atoms with Gasteiger partial charge in [-0.2, -0.15) is 0 Å². The van der Waals surface area contributed by atoms with Crippen molar-refractivity contribution < 1.29 is 9.90 Å². The van der Waals surface area contributed by atoms with Crippen LogP contribution < -0.4 is 0 Å². The van der Waals surface area contributed by atoms with Crippen molar-refractivity contribution >= 4 is 5.78 Å². The molecule has 122 valence electrons. The molecular weight excluding hydrogens is 296 g/mol. The fourth-order valence-electron chi connectivity index (χ4n) is 2.39. The Kier molecular flexibility index (Phi) is 6.93. The summed E-state index contributed by atoms with van der Waals surface area (Å²) in [7, 11) is 0. The first kappa shape index (κ1) is 17.6. The molecule has 0 aromatic heterocycles. The van der Waals surface area contributed by atoms with Crippen molar-refractivity contribution in [3.8, 4) is 0 Å². The highest BCUT2D eigenvalue weighted by Crippen LogP contribution is 2.20. The molecule has 0 aliphatic carbocycles. The molecule has 2 nitrogen and oxygen atoms in total. The number of aliphatic hydroxyl groups is 1. The lowest BCUT2D eigenvalue weighted by molar-refractivity contribution is 0.0746. The summed E-state index contributed by atoms with van der Waals surface area (Å²) in [4.78, 5) is 12.3. The van der Waals surface area contributed by atoms with E-state index in [2.05, 4.69) is 0 Å². The van der Waals surface area contributed by atoms with Crippen LogP contribution in [-0.4, -0.2) is 10.9 Å². The minimum atomic E-state index is -1.08. The Hall–Kier alpha value is -2.71. The quantitative estimate of drug-likeness (QED) is 0.698.